The van der Waals surface area contributed by atoms with Crippen LogP contribution in [0.4, 0.5) is 5.69 Å². The molecule has 0 heterocycles. The fourth-order valence-electron chi connectivity index (χ4n) is 0.747. The minimum absolute atomic E-state index is 0.375. The van der Waals surface area contributed by atoms with Gasteiger partial charge >= 0.3 is 7.75 Å². The Morgan fingerprint density at radius 3 is 2.53 bits per heavy atom. The Bertz CT molecular complexity index is 449. The van der Waals surface area contributed by atoms with Crippen LogP contribution in [-0.4, -0.2) is 12.0 Å². The number of benzene rings is 1. The van der Waals surface area contributed by atoms with Crippen molar-refractivity contribution >= 4 is 13.4 Å². The molecule has 0 saturated carbocycles. The van der Waals surface area contributed by atoms with Crippen molar-refractivity contribution in [3.63, 3.8) is 0 Å². The van der Waals surface area contributed by atoms with Crippen LogP contribution in [-0.2, 0) is 9.09 Å². The molecular weight excluding hydrogens is 217 g/mol. The Labute approximate surface area is 86.4 Å². The van der Waals surface area contributed by atoms with Crippen LogP contribution in [0.1, 0.15) is 5.56 Å². The molecular formula is C8H8N3O3P. The minimum atomic E-state index is -3.96. The molecule has 0 aliphatic heterocycles. The summed E-state index contributed by atoms with van der Waals surface area (Å²) in [6.45, 7) is 0. The quantitative estimate of drug-likeness (QED) is 0.630. The summed E-state index contributed by atoms with van der Waals surface area (Å²) in [6.07, 6.45) is 0. The van der Waals surface area contributed by atoms with Gasteiger partial charge in [0.25, 0.3) is 0 Å². The van der Waals surface area contributed by atoms with E-state index in [0.717, 1.165) is 7.11 Å². The van der Waals surface area contributed by atoms with E-state index in [2.05, 4.69) is 14.5 Å². The molecule has 0 radical (unpaired) electrons. The van der Waals surface area contributed by atoms with Crippen LogP contribution in [0.25, 0.3) is 0 Å². The Balaban J connectivity index is 2.83. The summed E-state index contributed by atoms with van der Waals surface area (Å²) in [5.41, 5.74) is 0.855. The van der Waals surface area contributed by atoms with Crippen molar-refractivity contribution in [2.24, 2.45) is 10.00 Å². The first-order chi connectivity index (χ1) is 7.07. The van der Waals surface area contributed by atoms with Gasteiger partial charge in [0.2, 0.25) is 0 Å². The zero-order valence-electron chi connectivity index (χ0n) is 7.86. The van der Waals surface area contributed by atoms with Crippen LogP contribution in [0.15, 0.2) is 34.3 Å². The molecule has 1 rings (SSSR count). The first kappa shape index (κ1) is 11.5. The van der Waals surface area contributed by atoms with Crippen molar-refractivity contribution in [1.29, 1.82) is 5.26 Å². The van der Waals surface area contributed by atoms with Crippen LogP contribution in [0.2, 0.25) is 0 Å². The standard InChI is InChI=1S/C8H8N3O3P/c1-14-15(12,13)11-10-8-4-2-7(6-9)3-5-8/h2-5H,1H3,(H,12,13). The van der Waals surface area contributed by atoms with Crippen LogP contribution in [0.3, 0.4) is 0 Å². The van der Waals surface area contributed by atoms with Crippen molar-refractivity contribution in [1.82, 2.24) is 0 Å². The molecule has 1 aromatic rings. The molecule has 0 bridgehead atoms. The molecule has 1 atom stereocenters. The minimum Gasteiger partial charge on any atom is -0.306 e. The molecule has 0 fully saturated rings. The largest absolute Gasteiger partial charge is 0.469 e. The Morgan fingerprint density at radius 2 is 2.07 bits per heavy atom. The van der Waals surface area contributed by atoms with E-state index >= 15 is 0 Å². The Kier molecular flexibility index (Phi) is 3.69. The van der Waals surface area contributed by atoms with Gasteiger partial charge in [0.05, 0.1) is 17.3 Å². The summed E-state index contributed by atoms with van der Waals surface area (Å²) >= 11 is 0. The van der Waals surface area contributed by atoms with Gasteiger partial charge < -0.3 is 4.89 Å². The van der Waals surface area contributed by atoms with E-state index in [4.69, 9.17) is 10.2 Å². The lowest BCUT2D eigenvalue weighted by molar-refractivity contribution is 0.315. The second-order valence-electron chi connectivity index (χ2n) is 2.52. The van der Waals surface area contributed by atoms with E-state index < -0.39 is 7.75 Å². The van der Waals surface area contributed by atoms with Crippen molar-refractivity contribution in [3.8, 4) is 6.07 Å². The zero-order chi connectivity index (χ0) is 11.3. The van der Waals surface area contributed by atoms with E-state index in [0.29, 0.717) is 11.3 Å². The molecule has 1 unspecified atom stereocenters. The van der Waals surface area contributed by atoms with Crippen LogP contribution >= 0.6 is 7.75 Å². The molecule has 0 saturated heterocycles. The molecule has 0 aliphatic carbocycles. The predicted octanol–water partition coefficient (Wildman–Crippen LogP) is 2.39. The predicted molar refractivity (Wildman–Crippen MR) is 52.5 cm³/mol. The highest BCUT2D eigenvalue weighted by Gasteiger charge is 2.14. The molecule has 0 aliphatic rings. The molecule has 1 N–H and O–H groups in total. The van der Waals surface area contributed by atoms with E-state index in [-0.39, 0.29) is 0 Å². The highest BCUT2D eigenvalue weighted by atomic mass is 31.2. The Morgan fingerprint density at radius 1 is 1.47 bits per heavy atom. The van der Waals surface area contributed by atoms with Gasteiger partial charge in [0.15, 0.2) is 0 Å². The summed E-state index contributed by atoms with van der Waals surface area (Å²) in [4.78, 5) is 12.0. The molecule has 0 amide bonds. The Hall–Kier alpha value is -1.54. The molecule has 1 aromatic carbocycles. The van der Waals surface area contributed by atoms with Crippen LogP contribution in [0.5, 0.6) is 0 Å². The van der Waals surface area contributed by atoms with Crippen molar-refractivity contribution in [3.05, 3.63) is 29.8 Å². The normalized spacial score (nSPS) is 14.7. The summed E-state index contributed by atoms with van der Waals surface area (Å²) in [7, 11) is -2.90. The smallest absolute Gasteiger partial charge is 0.306 e. The first-order valence-electron chi connectivity index (χ1n) is 3.89. The summed E-state index contributed by atoms with van der Waals surface area (Å²) < 4.78 is 15.1. The summed E-state index contributed by atoms with van der Waals surface area (Å²) in [6, 6.07) is 8.02. The number of rotatable bonds is 3. The molecule has 0 aromatic heterocycles. The zero-order valence-corrected chi connectivity index (χ0v) is 8.76. The van der Waals surface area contributed by atoms with Crippen LogP contribution in [0, 0.1) is 11.3 Å². The first-order valence-corrected chi connectivity index (χ1v) is 5.42. The van der Waals surface area contributed by atoms with Crippen molar-refractivity contribution in [2.75, 3.05) is 7.11 Å². The highest BCUT2D eigenvalue weighted by molar-refractivity contribution is 7.51. The van der Waals surface area contributed by atoms with Gasteiger partial charge in [0, 0.05) is 7.11 Å². The number of hydrogen-bond donors (Lipinski definition) is 1. The lowest BCUT2D eigenvalue weighted by Crippen LogP contribution is -1.76. The van der Waals surface area contributed by atoms with Gasteiger partial charge in [-0.1, -0.05) is 4.88 Å². The summed E-state index contributed by atoms with van der Waals surface area (Å²) in [5, 5.41) is 12.0. The molecule has 78 valence electrons. The summed E-state index contributed by atoms with van der Waals surface area (Å²) in [5.74, 6) is 0. The number of nitrogens with zero attached hydrogens (tertiary/aromatic N) is 3. The maximum Gasteiger partial charge on any atom is 0.469 e. The molecule has 7 heteroatoms. The van der Waals surface area contributed by atoms with Gasteiger partial charge in [-0.05, 0) is 24.3 Å². The van der Waals surface area contributed by atoms with E-state index in [1.54, 1.807) is 0 Å². The van der Waals surface area contributed by atoms with Gasteiger partial charge in [-0.15, -0.1) is 5.11 Å². The van der Waals surface area contributed by atoms with Gasteiger partial charge in [-0.25, -0.2) is 4.57 Å². The molecule has 15 heavy (non-hydrogen) atoms. The fraction of sp³-hybridized carbons (Fsp3) is 0.125. The third-order valence-electron chi connectivity index (χ3n) is 1.51. The third-order valence-corrected chi connectivity index (χ3v) is 2.30. The van der Waals surface area contributed by atoms with E-state index in [1.165, 1.54) is 24.3 Å². The average Bonchev–Trinajstić information content (AvgIpc) is 2.27. The van der Waals surface area contributed by atoms with Crippen LogP contribution < -0.4 is 0 Å². The second kappa shape index (κ2) is 4.80. The number of hydrogen-bond acceptors (Lipinski definition) is 4. The highest BCUT2D eigenvalue weighted by Crippen LogP contribution is 2.43. The number of nitriles is 1. The average molecular weight is 225 g/mol. The lowest BCUT2D eigenvalue weighted by Gasteiger charge is -1.98. The SMILES string of the molecule is COP(=O)(O)N=Nc1ccc(C#N)cc1. The fourth-order valence-corrected chi connectivity index (χ4v) is 1.04. The maximum atomic E-state index is 10.9. The lowest BCUT2D eigenvalue weighted by atomic mass is 10.2. The van der Waals surface area contributed by atoms with Gasteiger partial charge in [-0.2, -0.15) is 5.26 Å². The topological polar surface area (TPSA) is 95.0 Å². The molecule has 6 nitrogen and oxygen atoms in total. The third kappa shape index (κ3) is 3.60. The van der Waals surface area contributed by atoms with Gasteiger partial charge in [-0.3, -0.25) is 4.52 Å². The van der Waals surface area contributed by atoms with Crippen molar-refractivity contribution in [2.45, 2.75) is 0 Å². The van der Waals surface area contributed by atoms with E-state index in [9.17, 15) is 4.57 Å². The van der Waals surface area contributed by atoms with Gasteiger partial charge in [0.1, 0.15) is 0 Å². The maximum absolute atomic E-state index is 10.9. The second-order valence-corrected chi connectivity index (χ2v) is 4.05. The molecule has 0 spiro atoms. The van der Waals surface area contributed by atoms with Crippen molar-refractivity contribution < 1.29 is 14.0 Å². The monoisotopic (exact) mass is 225 g/mol. The van der Waals surface area contributed by atoms with E-state index in [1.807, 2.05) is 6.07 Å².